The van der Waals surface area contributed by atoms with Crippen LogP contribution in [0, 0.1) is 34.0 Å². The molecule has 7 nitrogen and oxygen atoms in total. The third-order valence-electron chi connectivity index (χ3n) is 9.95. The molecule has 0 aromatic heterocycles. The van der Waals surface area contributed by atoms with Gasteiger partial charge in [0.05, 0.1) is 17.6 Å². The summed E-state index contributed by atoms with van der Waals surface area (Å²) < 4.78 is 12.6. The van der Waals surface area contributed by atoms with Crippen molar-refractivity contribution in [3.63, 3.8) is 0 Å². The minimum Gasteiger partial charge on any atom is -0.457 e. The molecule has 1 aromatic carbocycles. The van der Waals surface area contributed by atoms with Crippen LogP contribution in [0.4, 0.5) is 0 Å². The van der Waals surface area contributed by atoms with Gasteiger partial charge in [-0.25, -0.2) is 4.79 Å². The van der Waals surface area contributed by atoms with Crippen molar-refractivity contribution in [1.29, 1.82) is 0 Å². The predicted octanol–water partition coefficient (Wildman–Crippen LogP) is 3.21. The molecule has 4 bridgehead atoms. The second kappa shape index (κ2) is 7.12. The highest BCUT2D eigenvalue weighted by molar-refractivity contribution is 9.10. The Hall–Kier alpha value is -1.87. The van der Waals surface area contributed by atoms with E-state index in [9.17, 15) is 24.6 Å². The summed E-state index contributed by atoms with van der Waals surface area (Å²) in [5.74, 6) is -5.20. The Kier molecular flexibility index (Phi) is 4.79. The van der Waals surface area contributed by atoms with Crippen molar-refractivity contribution >= 4 is 33.5 Å². The zero-order valence-corrected chi connectivity index (χ0v) is 21.3. The lowest BCUT2D eigenvalue weighted by atomic mass is 9.36. The average Bonchev–Trinajstić information content (AvgIpc) is 2.93. The number of aliphatic hydroxyl groups is 2. The van der Waals surface area contributed by atoms with Crippen molar-refractivity contribution in [2.75, 3.05) is 6.61 Å². The molecule has 8 atom stereocenters. The molecule has 0 radical (unpaired) electrons. The first-order chi connectivity index (χ1) is 16.4. The number of ether oxygens (including phenoxy) is 2. The number of carbonyl (C=O) groups excluding carboxylic acids is 3. The van der Waals surface area contributed by atoms with Gasteiger partial charge in [-0.05, 0) is 64.2 Å². The van der Waals surface area contributed by atoms with Crippen LogP contribution in [0.25, 0.3) is 0 Å². The van der Waals surface area contributed by atoms with Gasteiger partial charge in [0.15, 0.2) is 5.78 Å². The maximum absolute atomic E-state index is 14.1. The molecular weight excluding hydrogens is 516 g/mol. The van der Waals surface area contributed by atoms with Gasteiger partial charge in [-0.1, -0.05) is 32.6 Å². The molecule has 2 aliphatic heterocycles. The van der Waals surface area contributed by atoms with Gasteiger partial charge >= 0.3 is 5.97 Å². The smallest absolute Gasteiger partial charge is 0.339 e. The second-order valence-corrected chi connectivity index (χ2v) is 12.5. The lowest BCUT2D eigenvalue weighted by Gasteiger charge is -2.72. The van der Waals surface area contributed by atoms with Crippen molar-refractivity contribution in [2.24, 2.45) is 34.0 Å². The largest absolute Gasteiger partial charge is 0.457 e. The van der Waals surface area contributed by atoms with Gasteiger partial charge in [0.1, 0.15) is 23.4 Å². The number of hydrogen-bond acceptors (Lipinski definition) is 7. The third-order valence-corrected chi connectivity index (χ3v) is 10.6. The topological polar surface area (TPSA) is 110 Å². The molecule has 6 aliphatic rings. The molecule has 8 heteroatoms. The van der Waals surface area contributed by atoms with Crippen molar-refractivity contribution < 1.29 is 34.1 Å². The minimum absolute atomic E-state index is 0.0494. The molecule has 186 valence electrons. The molecule has 4 aliphatic carbocycles. The summed E-state index contributed by atoms with van der Waals surface area (Å²) in [4.78, 5) is 41.1. The molecule has 2 saturated heterocycles. The monoisotopic (exact) mass is 544 g/mol. The van der Waals surface area contributed by atoms with E-state index in [1.54, 1.807) is 24.3 Å². The normalized spacial score (nSPS) is 45.2. The summed E-state index contributed by atoms with van der Waals surface area (Å²) >= 11 is 3.37. The standard InChI is InChI=1S/C27H29BrO7/c1-13-14-8-9-17-25-12-34-27(33,21(31)19(25)24(2,3)11-10-18(25)29)26(17,20(13)30)22(14)35-23(32)15-6-4-5-7-16(15)28/h4-7,14,17,19,21-22,31,33H,1,8-12H2,2-3H3/t14-,17-,19+,21-,22+,25+,26-,27-/m0/s1. The van der Waals surface area contributed by atoms with Crippen LogP contribution in [0.5, 0.6) is 0 Å². The number of rotatable bonds is 2. The highest BCUT2D eigenvalue weighted by Crippen LogP contribution is 2.76. The van der Waals surface area contributed by atoms with Crippen LogP contribution in [0.3, 0.4) is 0 Å². The van der Waals surface area contributed by atoms with E-state index < -0.39 is 63.7 Å². The lowest BCUT2D eigenvalue weighted by molar-refractivity contribution is -0.436. The van der Waals surface area contributed by atoms with E-state index in [4.69, 9.17) is 9.47 Å². The maximum atomic E-state index is 14.1. The van der Waals surface area contributed by atoms with Crippen LogP contribution in [0.15, 0.2) is 40.9 Å². The SMILES string of the molecule is C=C1C(=O)[C@]23[C@H](OC(=O)c4ccccc4Br)[C@H]1CC[C@H]2[C@@]12CO[C@@]3(O)[C@@H](O)[C@@H]1C(C)(C)CCC2=O. The fourth-order valence-corrected chi connectivity index (χ4v) is 9.02. The number of hydrogen-bond donors (Lipinski definition) is 2. The maximum Gasteiger partial charge on any atom is 0.339 e. The molecule has 4 saturated carbocycles. The number of ketones is 2. The van der Waals surface area contributed by atoms with Crippen LogP contribution >= 0.6 is 15.9 Å². The molecular formula is C27H29BrO7. The molecule has 2 spiro atoms. The van der Waals surface area contributed by atoms with E-state index in [0.717, 1.165) is 0 Å². The highest BCUT2D eigenvalue weighted by Gasteiger charge is 2.88. The second-order valence-electron chi connectivity index (χ2n) is 11.6. The third kappa shape index (κ3) is 2.49. The molecule has 35 heavy (non-hydrogen) atoms. The van der Waals surface area contributed by atoms with E-state index >= 15 is 0 Å². The van der Waals surface area contributed by atoms with Gasteiger partial charge in [-0.3, -0.25) is 9.59 Å². The first kappa shape index (κ1) is 23.5. The minimum atomic E-state index is -2.30. The Morgan fingerprint density at radius 3 is 2.66 bits per heavy atom. The Bertz CT molecular complexity index is 1190. The molecule has 2 N–H and O–H groups in total. The Morgan fingerprint density at radius 1 is 1.23 bits per heavy atom. The Labute approximate surface area is 212 Å². The van der Waals surface area contributed by atoms with Gasteiger partial charge in [0.25, 0.3) is 0 Å². The Morgan fingerprint density at radius 2 is 1.94 bits per heavy atom. The van der Waals surface area contributed by atoms with E-state index in [0.29, 0.717) is 30.2 Å². The molecule has 0 amide bonds. The summed E-state index contributed by atoms with van der Waals surface area (Å²) in [6.07, 6.45) is -0.727. The van der Waals surface area contributed by atoms with Crippen LogP contribution < -0.4 is 0 Å². The summed E-state index contributed by atoms with van der Waals surface area (Å²) in [6.45, 7) is 7.95. The first-order valence-electron chi connectivity index (χ1n) is 12.2. The van der Waals surface area contributed by atoms with Crippen molar-refractivity contribution in [3.8, 4) is 0 Å². The lowest BCUT2D eigenvalue weighted by Crippen LogP contribution is -2.85. The van der Waals surface area contributed by atoms with E-state index in [1.165, 1.54) is 0 Å². The fraction of sp³-hybridized carbons (Fsp3) is 0.593. The van der Waals surface area contributed by atoms with Gasteiger partial charge in [0, 0.05) is 22.7 Å². The predicted molar refractivity (Wildman–Crippen MR) is 127 cm³/mol. The summed E-state index contributed by atoms with van der Waals surface area (Å²) in [6, 6.07) is 6.80. The number of benzene rings is 1. The van der Waals surface area contributed by atoms with Crippen LogP contribution in [0.2, 0.25) is 0 Å². The number of aliphatic hydroxyl groups excluding tert-OH is 1. The van der Waals surface area contributed by atoms with Gasteiger partial charge in [-0.15, -0.1) is 0 Å². The summed E-state index contributed by atoms with van der Waals surface area (Å²) in [7, 11) is 0. The number of halogens is 1. The van der Waals surface area contributed by atoms with Crippen LogP contribution in [-0.4, -0.2) is 52.4 Å². The summed E-state index contributed by atoms with van der Waals surface area (Å²) in [5.41, 5.74) is -2.85. The average molecular weight is 545 g/mol. The molecule has 2 heterocycles. The molecule has 7 rings (SSSR count). The Balaban J connectivity index is 1.55. The van der Waals surface area contributed by atoms with Gasteiger partial charge in [-0.2, -0.15) is 0 Å². The zero-order valence-electron chi connectivity index (χ0n) is 19.8. The summed E-state index contributed by atoms with van der Waals surface area (Å²) in [5, 5.41) is 23.9. The zero-order chi connectivity index (χ0) is 25.1. The van der Waals surface area contributed by atoms with Gasteiger partial charge in [0.2, 0.25) is 5.79 Å². The molecule has 0 unspecified atom stereocenters. The van der Waals surface area contributed by atoms with Crippen LogP contribution in [-0.2, 0) is 19.1 Å². The quantitative estimate of drug-likeness (QED) is 0.434. The molecule has 1 aromatic rings. The first-order valence-corrected chi connectivity index (χ1v) is 13.0. The van der Waals surface area contributed by atoms with E-state index in [-0.39, 0.29) is 23.5 Å². The molecule has 6 fully saturated rings. The highest BCUT2D eigenvalue weighted by atomic mass is 79.9. The number of fused-ring (bicyclic) bond motifs is 2. The number of Topliss-reactive ketones (excluding diaryl/α,β-unsaturated/α-hetero) is 2. The van der Waals surface area contributed by atoms with E-state index in [2.05, 4.69) is 22.5 Å². The van der Waals surface area contributed by atoms with Crippen molar-refractivity contribution in [1.82, 2.24) is 0 Å². The van der Waals surface area contributed by atoms with E-state index in [1.807, 2.05) is 13.8 Å². The number of esters is 1. The number of carbonyl (C=O) groups is 3. The van der Waals surface area contributed by atoms with Crippen molar-refractivity contribution in [3.05, 3.63) is 46.5 Å². The van der Waals surface area contributed by atoms with Crippen molar-refractivity contribution in [2.45, 2.75) is 57.5 Å². The fourth-order valence-electron chi connectivity index (χ4n) is 8.57. The van der Waals surface area contributed by atoms with Gasteiger partial charge < -0.3 is 19.7 Å². The van der Waals surface area contributed by atoms with Crippen LogP contribution in [0.1, 0.15) is 49.9 Å².